The number of fused-ring (bicyclic) bond motifs is 1. The first-order valence-corrected chi connectivity index (χ1v) is 16.4. The van der Waals surface area contributed by atoms with E-state index in [1.807, 2.05) is 6.92 Å². The van der Waals surface area contributed by atoms with E-state index in [1.54, 1.807) is 0 Å². The summed E-state index contributed by atoms with van der Waals surface area (Å²) in [5.74, 6) is 0.0575. The monoisotopic (exact) mass is 533 g/mol. The summed E-state index contributed by atoms with van der Waals surface area (Å²) in [5, 5.41) is 11.6. The van der Waals surface area contributed by atoms with Gasteiger partial charge in [-0.2, -0.15) is 13.2 Å². The quantitative estimate of drug-likeness (QED) is 0.391. The van der Waals surface area contributed by atoms with Crippen LogP contribution in [0.2, 0.25) is 18.1 Å². The van der Waals surface area contributed by atoms with E-state index in [0.29, 0.717) is 11.1 Å². The van der Waals surface area contributed by atoms with E-state index in [2.05, 4.69) is 47.7 Å². The number of aromatic nitrogens is 1. The zero-order valence-corrected chi connectivity index (χ0v) is 24.5. The van der Waals surface area contributed by atoms with Gasteiger partial charge >= 0.3 is 6.18 Å². The first kappa shape index (κ1) is 28.3. The van der Waals surface area contributed by atoms with Crippen LogP contribution in [0.1, 0.15) is 118 Å². The maximum absolute atomic E-state index is 13.1. The van der Waals surface area contributed by atoms with Gasteiger partial charge in [0, 0.05) is 22.5 Å². The van der Waals surface area contributed by atoms with Crippen LogP contribution in [0.3, 0.4) is 0 Å². The molecule has 1 heterocycles. The summed E-state index contributed by atoms with van der Waals surface area (Å²) < 4.78 is 46.5. The van der Waals surface area contributed by atoms with E-state index in [9.17, 15) is 18.3 Å². The van der Waals surface area contributed by atoms with Crippen LogP contribution in [0.25, 0.3) is 0 Å². The molecule has 0 amide bonds. The molecule has 4 rings (SSSR count). The maximum Gasteiger partial charge on any atom is 0.416 e. The van der Waals surface area contributed by atoms with Gasteiger partial charge in [0.15, 0.2) is 8.32 Å². The number of hydrogen-bond acceptors (Lipinski definition) is 3. The number of aliphatic hydroxyl groups excluding tert-OH is 1. The minimum absolute atomic E-state index is 0.0547. The van der Waals surface area contributed by atoms with Gasteiger partial charge in [-0.05, 0) is 85.3 Å². The average molecular weight is 534 g/mol. The average Bonchev–Trinajstić information content (AvgIpc) is 2.75. The molecule has 1 aromatic carbocycles. The van der Waals surface area contributed by atoms with Gasteiger partial charge in [0.05, 0.1) is 11.7 Å². The lowest BCUT2D eigenvalue weighted by Gasteiger charge is -2.51. The van der Waals surface area contributed by atoms with Gasteiger partial charge in [0.25, 0.3) is 0 Å². The summed E-state index contributed by atoms with van der Waals surface area (Å²) in [6.07, 6.45) is -0.0507. The van der Waals surface area contributed by atoms with Crippen LogP contribution in [0.4, 0.5) is 13.2 Å². The predicted octanol–water partition coefficient (Wildman–Crippen LogP) is 8.79. The molecule has 1 N–H and O–H groups in total. The molecule has 1 spiro atoms. The van der Waals surface area contributed by atoms with Gasteiger partial charge in [0.1, 0.15) is 6.10 Å². The van der Waals surface area contributed by atoms with Crippen LogP contribution < -0.4 is 0 Å². The molecule has 3 nitrogen and oxygen atoms in total. The third kappa shape index (κ3) is 5.28. The Balaban J connectivity index is 1.84. The second-order valence-electron chi connectivity index (χ2n) is 13.2. The minimum Gasteiger partial charge on any atom is -0.410 e. The normalized spacial score (nSPS) is 20.6. The summed E-state index contributed by atoms with van der Waals surface area (Å²) in [5.41, 5.74) is 4.63. The zero-order valence-electron chi connectivity index (χ0n) is 23.5. The molecule has 1 fully saturated rings. The molecular formula is C30H42F3NO2Si. The predicted molar refractivity (Wildman–Crippen MR) is 144 cm³/mol. The van der Waals surface area contributed by atoms with Crippen LogP contribution >= 0.6 is 0 Å². The van der Waals surface area contributed by atoms with Gasteiger partial charge in [-0.15, -0.1) is 0 Å². The highest BCUT2D eigenvalue weighted by Gasteiger charge is 2.49. The Morgan fingerprint density at radius 3 is 2.14 bits per heavy atom. The molecule has 2 aromatic rings. The summed E-state index contributed by atoms with van der Waals surface area (Å²) in [6, 6.07) is 4.84. The molecule has 0 radical (unpaired) electrons. The molecule has 2 aliphatic rings. The van der Waals surface area contributed by atoms with E-state index < -0.39 is 26.2 Å². The molecule has 204 valence electrons. The van der Waals surface area contributed by atoms with Crippen molar-refractivity contribution in [3.8, 4) is 0 Å². The number of pyridine rings is 1. The molecule has 0 saturated heterocycles. The van der Waals surface area contributed by atoms with Gasteiger partial charge < -0.3 is 9.53 Å². The molecule has 2 aliphatic carbocycles. The Morgan fingerprint density at radius 1 is 1.08 bits per heavy atom. The Labute approximate surface area is 221 Å². The second kappa shape index (κ2) is 9.49. The van der Waals surface area contributed by atoms with E-state index in [0.717, 1.165) is 47.5 Å². The van der Waals surface area contributed by atoms with Gasteiger partial charge in [0.2, 0.25) is 0 Å². The first-order valence-electron chi connectivity index (χ1n) is 13.5. The van der Waals surface area contributed by atoms with E-state index in [4.69, 9.17) is 9.41 Å². The van der Waals surface area contributed by atoms with Crippen molar-refractivity contribution >= 4 is 8.32 Å². The molecule has 1 aromatic heterocycles. The molecular weight excluding hydrogens is 491 g/mol. The Morgan fingerprint density at radius 2 is 1.68 bits per heavy atom. The Bertz CT molecular complexity index is 1150. The van der Waals surface area contributed by atoms with Gasteiger partial charge in [-0.3, -0.25) is 4.98 Å². The highest BCUT2D eigenvalue weighted by Crippen LogP contribution is 2.56. The van der Waals surface area contributed by atoms with Crippen molar-refractivity contribution in [2.24, 2.45) is 5.41 Å². The largest absolute Gasteiger partial charge is 0.416 e. The number of alkyl halides is 3. The van der Waals surface area contributed by atoms with E-state index in [-0.39, 0.29) is 22.5 Å². The van der Waals surface area contributed by atoms with Crippen LogP contribution in [0.15, 0.2) is 24.3 Å². The topological polar surface area (TPSA) is 42.4 Å². The fourth-order valence-corrected chi connectivity index (χ4v) is 7.07. The van der Waals surface area contributed by atoms with E-state index >= 15 is 0 Å². The SMILES string of the molecule is Cc1c2c(nc(C(C)C)c1C(O)c1ccc(C(F)(F)F)cc1)CC1(CCC1)CC2O[Si](C)(C)C(C)(C)C. The number of rotatable bonds is 5. The first-order chi connectivity index (χ1) is 17.0. The smallest absolute Gasteiger partial charge is 0.410 e. The Hall–Kier alpha value is -1.70. The summed E-state index contributed by atoms with van der Waals surface area (Å²) in [7, 11) is -2.10. The van der Waals surface area contributed by atoms with Crippen LogP contribution in [0, 0.1) is 12.3 Å². The highest BCUT2D eigenvalue weighted by atomic mass is 28.4. The van der Waals surface area contributed by atoms with Crippen LogP contribution in [0.5, 0.6) is 0 Å². The lowest BCUT2D eigenvalue weighted by atomic mass is 9.59. The third-order valence-electron chi connectivity index (χ3n) is 9.16. The number of halogens is 3. The summed E-state index contributed by atoms with van der Waals surface area (Å²) >= 11 is 0. The van der Waals surface area contributed by atoms with Crippen molar-refractivity contribution in [1.82, 2.24) is 4.98 Å². The molecule has 0 aliphatic heterocycles. The minimum atomic E-state index is -4.42. The zero-order chi connectivity index (χ0) is 27.6. The van der Waals surface area contributed by atoms with E-state index in [1.165, 1.54) is 31.4 Å². The van der Waals surface area contributed by atoms with Crippen LogP contribution in [-0.4, -0.2) is 18.4 Å². The number of aliphatic hydroxyl groups is 1. The third-order valence-corrected chi connectivity index (χ3v) is 13.7. The molecule has 37 heavy (non-hydrogen) atoms. The highest BCUT2D eigenvalue weighted by molar-refractivity contribution is 6.74. The fourth-order valence-electron chi connectivity index (χ4n) is 5.80. The number of hydrogen-bond donors (Lipinski definition) is 1. The molecule has 2 unspecified atom stereocenters. The second-order valence-corrected chi connectivity index (χ2v) is 17.9. The van der Waals surface area contributed by atoms with Crippen molar-refractivity contribution in [3.63, 3.8) is 0 Å². The van der Waals surface area contributed by atoms with Gasteiger partial charge in [-0.25, -0.2) is 0 Å². The fraction of sp³-hybridized carbons (Fsp3) is 0.633. The van der Waals surface area contributed by atoms with Crippen molar-refractivity contribution in [1.29, 1.82) is 0 Å². The number of benzene rings is 1. The molecule has 0 bridgehead atoms. The summed E-state index contributed by atoms with van der Waals surface area (Å²) in [6.45, 7) is 17.4. The lowest BCUT2D eigenvalue weighted by molar-refractivity contribution is -0.137. The lowest BCUT2D eigenvalue weighted by Crippen LogP contribution is -2.46. The van der Waals surface area contributed by atoms with Crippen molar-refractivity contribution in [3.05, 3.63) is 63.5 Å². The van der Waals surface area contributed by atoms with Gasteiger partial charge in [-0.1, -0.05) is 53.2 Å². The van der Waals surface area contributed by atoms with Crippen molar-refractivity contribution < 1.29 is 22.7 Å². The molecule has 2 atom stereocenters. The molecule has 7 heteroatoms. The molecule has 1 saturated carbocycles. The van der Waals surface area contributed by atoms with Crippen molar-refractivity contribution in [2.45, 2.75) is 116 Å². The summed E-state index contributed by atoms with van der Waals surface area (Å²) in [4.78, 5) is 5.19. The maximum atomic E-state index is 13.1. The number of nitrogens with zero attached hydrogens (tertiary/aromatic N) is 1. The Kier molecular flexibility index (Phi) is 7.26. The standard InChI is InChI=1S/C30H42F3NO2Si/c1-18(2)26-25(27(35)20-10-12-21(13-11-20)30(31,32)33)19(3)24-22(34-26)16-29(14-9-15-29)17-23(24)36-37(7,8)28(4,5)6/h10-13,18,23,27,35H,9,14-17H2,1-8H3. The van der Waals surface area contributed by atoms with Crippen molar-refractivity contribution in [2.75, 3.05) is 0 Å². The van der Waals surface area contributed by atoms with Crippen LogP contribution in [-0.2, 0) is 17.0 Å².